The summed E-state index contributed by atoms with van der Waals surface area (Å²) in [5, 5.41) is 10.6. The minimum absolute atomic E-state index is 0.0653. The van der Waals surface area contributed by atoms with Gasteiger partial charge in [0, 0.05) is 10.8 Å². The van der Waals surface area contributed by atoms with Gasteiger partial charge in [-0.05, 0) is 42.2 Å². The highest BCUT2D eigenvalue weighted by Crippen LogP contribution is 2.33. The average molecular weight is 632 g/mol. The third kappa shape index (κ3) is 9.58. The summed E-state index contributed by atoms with van der Waals surface area (Å²) in [6, 6.07) is 24.5. The van der Waals surface area contributed by atoms with E-state index in [4.69, 9.17) is 23.2 Å². The van der Waals surface area contributed by atoms with Crippen molar-refractivity contribution in [2.24, 2.45) is 0 Å². The van der Waals surface area contributed by atoms with Crippen LogP contribution in [0.4, 0.5) is 0 Å². The Balaban J connectivity index is 1.67. The van der Waals surface area contributed by atoms with Crippen molar-refractivity contribution in [2.75, 3.05) is 5.75 Å². The fraction of sp³-hybridized carbons (Fsp3) is 0.355. The van der Waals surface area contributed by atoms with Gasteiger partial charge in [0.2, 0.25) is 10.0 Å². The van der Waals surface area contributed by atoms with Gasteiger partial charge in [0.05, 0.1) is 22.5 Å². The maximum absolute atomic E-state index is 13.4. The SMILES string of the molecule is CCCCCCCCS(=O)(=O)NC(Cc1ccccc1)c1nnc(SCc2ccccc2)n1-c1ccc(Cl)cc1Cl. The quantitative estimate of drug-likeness (QED) is 0.0993. The molecule has 4 rings (SSSR count). The van der Waals surface area contributed by atoms with Crippen LogP contribution in [0.25, 0.3) is 5.69 Å². The van der Waals surface area contributed by atoms with Gasteiger partial charge in [0.25, 0.3) is 0 Å². The van der Waals surface area contributed by atoms with Crippen LogP contribution in [-0.2, 0) is 22.2 Å². The molecule has 4 aromatic rings. The van der Waals surface area contributed by atoms with Crippen molar-refractivity contribution in [3.63, 3.8) is 0 Å². The first-order valence-electron chi connectivity index (χ1n) is 14.0. The first-order chi connectivity index (χ1) is 19.9. The molecule has 0 saturated carbocycles. The summed E-state index contributed by atoms with van der Waals surface area (Å²) in [5.41, 5.74) is 2.76. The second-order valence-electron chi connectivity index (χ2n) is 9.99. The number of halogens is 2. The number of rotatable bonds is 16. The van der Waals surface area contributed by atoms with E-state index in [2.05, 4.69) is 34.0 Å². The Labute approximate surface area is 257 Å². The number of hydrogen-bond donors (Lipinski definition) is 1. The van der Waals surface area contributed by atoms with Crippen molar-refractivity contribution in [3.8, 4) is 5.69 Å². The second kappa shape index (κ2) is 15.8. The summed E-state index contributed by atoms with van der Waals surface area (Å²) < 4.78 is 31.5. The molecular weight excluding hydrogens is 595 g/mol. The van der Waals surface area contributed by atoms with Crippen molar-refractivity contribution in [3.05, 3.63) is 106 Å². The standard InChI is InChI=1S/C31H36Cl2N4O2S2/c1-2-3-4-5-6-13-20-41(38,39)36-28(21-24-14-9-7-10-15-24)30-34-35-31(40-23-25-16-11-8-12-17-25)37(30)29-19-18-26(32)22-27(29)33/h7-12,14-19,22,28,36H,2-6,13,20-21,23H2,1H3. The molecule has 0 aliphatic heterocycles. The molecule has 0 spiro atoms. The molecule has 3 aromatic carbocycles. The van der Waals surface area contributed by atoms with E-state index >= 15 is 0 Å². The molecule has 0 saturated heterocycles. The minimum atomic E-state index is -3.60. The van der Waals surface area contributed by atoms with Crippen LogP contribution in [0.1, 0.15) is 68.4 Å². The average Bonchev–Trinajstić information content (AvgIpc) is 3.38. The molecule has 0 radical (unpaired) electrons. The van der Waals surface area contributed by atoms with Crippen molar-refractivity contribution < 1.29 is 8.42 Å². The van der Waals surface area contributed by atoms with Crippen LogP contribution in [0.2, 0.25) is 10.0 Å². The van der Waals surface area contributed by atoms with Crippen LogP contribution >= 0.6 is 35.0 Å². The minimum Gasteiger partial charge on any atom is -0.271 e. The lowest BCUT2D eigenvalue weighted by Gasteiger charge is -2.21. The summed E-state index contributed by atoms with van der Waals surface area (Å²) in [4.78, 5) is 0. The van der Waals surface area contributed by atoms with Gasteiger partial charge in [0.15, 0.2) is 11.0 Å². The molecule has 41 heavy (non-hydrogen) atoms. The lowest BCUT2D eigenvalue weighted by Crippen LogP contribution is -2.33. The molecule has 1 N–H and O–H groups in total. The van der Waals surface area contributed by atoms with E-state index in [-0.39, 0.29) is 5.75 Å². The predicted octanol–water partition coefficient (Wildman–Crippen LogP) is 8.43. The van der Waals surface area contributed by atoms with Gasteiger partial charge in [-0.15, -0.1) is 10.2 Å². The fourth-order valence-electron chi connectivity index (χ4n) is 4.60. The van der Waals surface area contributed by atoms with Gasteiger partial charge in [-0.2, -0.15) is 0 Å². The van der Waals surface area contributed by atoms with Gasteiger partial charge in [-0.3, -0.25) is 4.57 Å². The molecular formula is C31H36Cl2N4O2S2. The largest absolute Gasteiger partial charge is 0.271 e. The topological polar surface area (TPSA) is 76.9 Å². The van der Waals surface area contributed by atoms with E-state index in [0.717, 1.165) is 36.8 Å². The molecule has 0 aliphatic carbocycles. The first-order valence-corrected chi connectivity index (χ1v) is 17.4. The lowest BCUT2D eigenvalue weighted by molar-refractivity contribution is 0.532. The highest BCUT2D eigenvalue weighted by molar-refractivity contribution is 7.98. The molecule has 1 aromatic heterocycles. The number of unbranched alkanes of at least 4 members (excludes halogenated alkanes) is 5. The highest BCUT2D eigenvalue weighted by atomic mass is 35.5. The van der Waals surface area contributed by atoms with Crippen molar-refractivity contribution in [1.82, 2.24) is 19.5 Å². The molecule has 1 atom stereocenters. The third-order valence-electron chi connectivity index (χ3n) is 6.70. The second-order valence-corrected chi connectivity index (χ2v) is 13.7. The molecule has 6 nitrogen and oxygen atoms in total. The number of hydrogen-bond acceptors (Lipinski definition) is 5. The van der Waals surface area contributed by atoms with Gasteiger partial charge >= 0.3 is 0 Å². The van der Waals surface area contributed by atoms with Gasteiger partial charge in [0.1, 0.15) is 0 Å². The number of benzene rings is 3. The fourth-order valence-corrected chi connectivity index (χ4v) is 7.32. The zero-order valence-electron chi connectivity index (χ0n) is 23.2. The molecule has 0 aliphatic rings. The number of thioether (sulfide) groups is 1. The Morgan fingerprint density at radius 3 is 2.20 bits per heavy atom. The van der Waals surface area contributed by atoms with Crippen LogP contribution in [0.3, 0.4) is 0 Å². The van der Waals surface area contributed by atoms with Crippen molar-refractivity contribution >= 4 is 45.0 Å². The van der Waals surface area contributed by atoms with E-state index < -0.39 is 16.1 Å². The van der Waals surface area contributed by atoms with Crippen LogP contribution < -0.4 is 4.72 Å². The third-order valence-corrected chi connectivity index (χ3v) is 9.71. The first kappa shape index (κ1) is 31.6. The Bertz CT molecular complexity index is 1480. The molecule has 0 bridgehead atoms. The van der Waals surface area contributed by atoms with Crippen molar-refractivity contribution in [2.45, 2.75) is 68.8 Å². The molecule has 10 heteroatoms. The van der Waals surface area contributed by atoms with E-state index in [1.54, 1.807) is 12.1 Å². The summed E-state index contributed by atoms with van der Waals surface area (Å²) in [7, 11) is -3.60. The maximum atomic E-state index is 13.4. The van der Waals surface area contributed by atoms with Crippen LogP contribution in [0.15, 0.2) is 84.0 Å². The predicted molar refractivity (Wildman–Crippen MR) is 171 cm³/mol. The normalized spacial score (nSPS) is 12.5. The van der Waals surface area contributed by atoms with E-state index in [9.17, 15) is 8.42 Å². The van der Waals surface area contributed by atoms with Gasteiger partial charge in [-0.25, -0.2) is 13.1 Å². The number of nitrogens with zero attached hydrogens (tertiary/aromatic N) is 3. The zero-order chi connectivity index (χ0) is 29.1. The van der Waals surface area contributed by atoms with Crippen LogP contribution in [-0.4, -0.2) is 28.9 Å². The molecule has 0 amide bonds. The van der Waals surface area contributed by atoms with Crippen molar-refractivity contribution in [1.29, 1.82) is 0 Å². The van der Waals surface area contributed by atoms with E-state index in [0.29, 0.717) is 45.3 Å². The lowest BCUT2D eigenvalue weighted by atomic mass is 10.1. The summed E-state index contributed by atoms with van der Waals surface area (Å²) >= 11 is 14.4. The molecule has 0 fully saturated rings. The smallest absolute Gasteiger partial charge is 0.212 e. The summed E-state index contributed by atoms with van der Waals surface area (Å²) in [6.07, 6.45) is 6.43. The maximum Gasteiger partial charge on any atom is 0.212 e. The molecule has 1 unspecified atom stereocenters. The zero-order valence-corrected chi connectivity index (χ0v) is 26.3. The molecule has 218 valence electrons. The van der Waals surface area contributed by atoms with Gasteiger partial charge in [-0.1, -0.05) is 135 Å². The number of aromatic nitrogens is 3. The highest BCUT2D eigenvalue weighted by Gasteiger charge is 2.28. The Hall–Kier alpha value is -2.36. The van der Waals surface area contributed by atoms with E-state index in [1.165, 1.54) is 18.2 Å². The van der Waals surface area contributed by atoms with Gasteiger partial charge < -0.3 is 0 Å². The Kier molecular flexibility index (Phi) is 12.1. The Morgan fingerprint density at radius 2 is 1.51 bits per heavy atom. The van der Waals surface area contributed by atoms with E-state index in [1.807, 2.05) is 59.2 Å². The van der Waals surface area contributed by atoms with Crippen LogP contribution in [0.5, 0.6) is 0 Å². The number of sulfonamides is 1. The number of nitrogens with one attached hydrogen (secondary N) is 1. The molecule has 1 heterocycles. The van der Waals surface area contributed by atoms with Crippen LogP contribution in [0, 0.1) is 0 Å². The Morgan fingerprint density at radius 1 is 0.854 bits per heavy atom. The summed E-state index contributed by atoms with van der Waals surface area (Å²) in [5.74, 6) is 1.20. The monoisotopic (exact) mass is 630 g/mol. The summed E-state index contributed by atoms with van der Waals surface area (Å²) in [6.45, 7) is 2.17.